The van der Waals surface area contributed by atoms with Crippen LogP contribution in [0.2, 0.25) is 0 Å². The SMILES string of the molecule is C=C(C(=O)OCC(CCC1CCC(C2CCC(CCCCC)CC2)CC1)COC(=O)C(=C)C(F)(F)F)C(C)(C)O. The largest absolute Gasteiger partial charge is 0.462 e. The Labute approximate surface area is 239 Å². The zero-order chi connectivity index (χ0) is 29.9. The molecule has 2 fully saturated rings. The van der Waals surface area contributed by atoms with Crippen LogP contribution >= 0.6 is 0 Å². The van der Waals surface area contributed by atoms with Crippen LogP contribution < -0.4 is 0 Å². The summed E-state index contributed by atoms with van der Waals surface area (Å²) in [5.41, 5.74) is -3.15. The molecular formula is C32H51F3O5. The first-order chi connectivity index (χ1) is 18.7. The molecule has 0 bridgehead atoms. The van der Waals surface area contributed by atoms with Crippen LogP contribution in [0.25, 0.3) is 0 Å². The third-order valence-electron chi connectivity index (χ3n) is 9.12. The third-order valence-corrected chi connectivity index (χ3v) is 9.12. The summed E-state index contributed by atoms with van der Waals surface area (Å²) < 4.78 is 48.6. The van der Waals surface area contributed by atoms with E-state index in [0.29, 0.717) is 12.3 Å². The number of ether oxygens (including phenoxy) is 2. The van der Waals surface area contributed by atoms with E-state index in [1.165, 1.54) is 78.1 Å². The summed E-state index contributed by atoms with van der Waals surface area (Å²) in [4.78, 5) is 24.2. The average molecular weight is 573 g/mol. The molecule has 0 heterocycles. The molecule has 0 aromatic carbocycles. The van der Waals surface area contributed by atoms with Crippen molar-refractivity contribution >= 4 is 11.9 Å². The number of halogens is 3. The van der Waals surface area contributed by atoms with Crippen molar-refractivity contribution in [3.8, 4) is 0 Å². The maximum atomic E-state index is 12.8. The van der Waals surface area contributed by atoms with Gasteiger partial charge in [-0.3, -0.25) is 0 Å². The molecule has 1 N–H and O–H groups in total. The maximum Gasteiger partial charge on any atom is 0.422 e. The summed E-state index contributed by atoms with van der Waals surface area (Å²) >= 11 is 0. The Morgan fingerprint density at radius 2 is 1.25 bits per heavy atom. The summed E-state index contributed by atoms with van der Waals surface area (Å²) in [7, 11) is 0. The molecule has 40 heavy (non-hydrogen) atoms. The summed E-state index contributed by atoms with van der Waals surface area (Å²) in [6.45, 7) is 11.0. The van der Waals surface area contributed by atoms with Crippen molar-refractivity contribution in [3.05, 3.63) is 24.3 Å². The second-order valence-corrected chi connectivity index (χ2v) is 12.7. The lowest BCUT2D eigenvalue weighted by molar-refractivity contribution is -0.153. The Balaban J connectivity index is 1.83. The minimum Gasteiger partial charge on any atom is -0.462 e. The standard InChI is InChI=1S/C32H51F3O5/c1-6-7-8-9-24-12-16-27(17-13-24)28-18-14-25(15-19-28)10-11-26(20-39-29(36)22(2)31(4,5)38)21-40-30(37)23(3)32(33,34)35/h24-28,38H,2-3,6-21H2,1,4-5H3. The number of rotatable bonds is 15. The normalized spacial score (nSPS) is 24.7. The summed E-state index contributed by atoms with van der Waals surface area (Å²) in [6.07, 6.45) is 12.0. The number of carbonyl (C=O) groups excluding carboxylic acids is 2. The first-order valence-electron chi connectivity index (χ1n) is 15.2. The lowest BCUT2D eigenvalue weighted by Crippen LogP contribution is -2.30. The van der Waals surface area contributed by atoms with Crippen molar-refractivity contribution in [3.63, 3.8) is 0 Å². The molecule has 2 saturated carbocycles. The monoisotopic (exact) mass is 572 g/mol. The topological polar surface area (TPSA) is 72.8 Å². The summed E-state index contributed by atoms with van der Waals surface area (Å²) in [5.74, 6) is 0.242. The Morgan fingerprint density at radius 1 is 0.800 bits per heavy atom. The van der Waals surface area contributed by atoms with Gasteiger partial charge in [-0.1, -0.05) is 71.4 Å². The van der Waals surface area contributed by atoms with Crippen molar-refractivity contribution in [2.75, 3.05) is 13.2 Å². The molecule has 2 aliphatic carbocycles. The number of aliphatic hydroxyl groups is 1. The lowest BCUT2D eigenvalue weighted by atomic mass is 9.68. The molecule has 0 aliphatic heterocycles. The van der Waals surface area contributed by atoms with E-state index in [1.54, 1.807) is 0 Å². The molecule has 0 radical (unpaired) electrons. The molecule has 1 atom stereocenters. The van der Waals surface area contributed by atoms with Gasteiger partial charge < -0.3 is 14.6 Å². The number of hydrogen-bond acceptors (Lipinski definition) is 5. The van der Waals surface area contributed by atoms with Crippen LogP contribution in [0, 0.1) is 29.6 Å². The number of carbonyl (C=O) groups is 2. The van der Waals surface area contributed by atoms with E-state index in [-0.39, 0.29) is 18.8 Å². The zero-order valence-electron chi connectivity index (χ0n) is 24.8. The molecule has 0 spiro atoms. The van der Waals surface area contributed by atoms with Crippen molar-refractivity contribution < 1.29 is 37.3 Å². The highest BCUT2D eigenvalue weighted by molar-refractivity contribution is 5.90. The Morgan fingerprint density at radius 3 is 1.68 bits per heavy atom. The molecule has 0 saturated heterocycles. The van der Waals surface area contributed by atoms with Gasteiger partial charge in [-0.15, -0.1) is 0 Å². The fourth-order valence-corrected chi connectivity index (χ4v) is 6.19. The van der Waals surface area contributed by atoms with Crippen molar-refractivity contribution in [2.45, 2.75) is 122 Å². The zero-order valence-corrected chi connectivity index (χ0v) is 24.8. The van der Waals surface area contributed by atoms with Gasteiger partial charge in [0.05, 0.1) is 24.4 Å². The van der Waals surface area contributed by atoms with E-state index < -0.39 is 35.2 Å². The first kappa shape index (κ1) is 34.4. The number of unbranched alkanes of at least 4 members (excludes halogenated alkanes) is 2. The maximum absolute atomic E-state index is 12.8. The molecule has 5 nitrogen and oxygen atoms in total. The van der Waals surface area contributed by atoms with Crippen molar-refractivity contribution in [1.82, 2.24) is 0 Å². The molecule has 8 heteroatoms. The molecule has 230 valence electrons. The van der Waals surface area contributed by atoms with Crippen LogP contribution in [0.4, 0.5) is 13.2 Å². The minimum atomic E-state index is -4.86. The van der Waals surface area contributed by atoms with Crippen LogP contribution in [-0.4, -0.2) is 42.0 Å². The quantitative estimate of drug-likeness (QED) is 0.122. The molecule has 2 aliphatic rings. The van der Waals surface area contributed by atoms with Gasteiger partial charge in [-0.2, -0.15) is 13.2 Å². The van der Waals surface area contributed by atoms with Gasteiger partial charge in [0.25, 0.3) is 0 Å². The third kappa shape index (κ3) is 11.6. The number of esters is 2. The van der Waals surface area contributed by atoms with Gasteiger partial charge in [0.2, 0.25) is 0 Å². The fourth-order valence-electron chi connectivity index (χ4n) is 6.19. The Bertz CT molecular complexity index is 786. The predicted molar refractivity (Wildman–Crippen MR) is 150 cm³/mol. The van der Waals surface area contributed by atoms with Crippen LogP contribution in [-0.2, 0) is 19.1 Å². The van der Waals surface area contributed by atoms with Crippen molar-refractivity contribution in [1.29, 1.82) is 0 Å². The fraction of sp³-hybridized carbons (Fsp3) is 0.812. The highest BCUT2D eigenvalue weighted by Gasteiger charge is 2.38. The summed E-state index contributed by atoms with van der Waals surface area (Å²) in [5, 5.41) is 10.00. The van der Waals surface area contributed by atoms with Gasteiger partial charge in [-0.05, 0) is 76.0 Å². The summed E-state index contributed by atoms with van der Waals surface area (Å²) in [6, 6.07) is 0. The van der Waals surface area contributed by atoms with Gasteiger partial charge in [0, 0.05) is 5.92 Å². The van der Waals surface area contributed by atoms with Gasteiger partial charge in [0.15, 0.2) is 0 Å². The van der Waals surface area contributed by atoms with Crippen LogP contribution in [0.5, 0.6) is 0 Å². The predicted octanol–water partition coefficient (Wildman–Crippen LogP) is 8.11. The second kappa shape index (κ2) is 16.0. The van der Waals surface area contributed by atoms with E-state index in [0.717, 1.165) is 37.0 Å². The first-order valence-corrected chi connectivity index (χ1v) is 15.2. The van der Waals surface area contributed by atoms with E-state index in [2.05, 4.69) is 20.1 Å². The molecule has 2 rings (SSSR count). The average Bonchev–Trinajstić information content (AvgIpc) is 2.91. The van der Waals surface area contributed by atoms with Crippen molar-refractivity contribution in [2.24, 2.45) is 29.6 Å². The van der Waals surface area contributed by atoms with Crippen LogP contribution in [0.15, 0.2) is 24.3 Å². The van der Waals surface area contributed by atoms with Gasteiger partial charge in [-0.25, -0.2) is 9.59 Å². The minimum absolute atomic E-state index is 0.123. The van der Waals surface area contributed by atoms with Gasteiger partial charge >= 0.3 is 18.1 Å². The van der Waals surface area contributed by atoms with E-state index in [1.807, 2.05) is 0 Å². The molecule has 1 unspecified atom stereocenters. The highest BCUT2D eigenvalue weighted by Crippen LogP contribution is 2.43. The smallest absolute Gasteiger partial charge is 0.422 e. The van der Waals surface area contributed by atoms with Gasteiger partial charge in [0.1, 0.15) is 5.57 Å². The Kier molecular flexibility index (Phi) is 13.7. The van der Waals surface area contributed by atoms with E-state index >= 15 is 0 Å². The molecular weight excluding hydrogens is 521 g/mol. The number of hydrogen-bond donors (Lipinski definition) is 1. The van der Waals surface area contributed by atoms with Crippen LogP contribution in [0.3, 0.4) is 0 Å². The lowest BCUT2D eigenvalue weighted by Gasteiger charge is -2.38. The van der Waals surface area contributed by atoms with Crippen LogP contribution in [0.1, 0.15) is 111 Å². The Hall–Kier alpha value is -1.83. The second-order valence-electron chi connectivity index (χ2n) is 12.7. The molecule has 0 aromatic rings. The number of alkyl halides is 3. The molecule has 0 amide bonds. The van der Waals surface area contributed by atoms with E-state index in [4.69, 9.17) is 9.47 Å². The molecule has 0 aromatic heterocycles. The van der Waals surface area contributed by atoms with E-state index in [9.17, 15) is 27.9 Å². The highest BCUT2D eigenvalue weighted by atomic mass is 19.4.